The highest BCUT2D eigenvalue weighted by molar-refractivity contribution is 5.87. The molecule has 0 saturated carbocycles. The minimum absolute atomic E-state index is 0.0633. The third kappa shape index (κ3) is 4.55. The molecule has 0 fully saturated rings. The number of hydrogen-bond donors (Lipinski definition) is 2. The molecule has 0 saturated heterocycles. The highest BCUT2D eigenvalue weighted by atomic mass is 16.5. The van der Waals surface area contributed by atoms with Crippen LogP contribution in [0.25, 0.3) is 0 Å². The van der Waals surface area contributed by atoms with Gasteiger partial charge in [-0.15, -0.1) is 0 Å². The number of nitrogens with one attached hydrogen (secondary N) is 1. The van der Waals surface area contributed by atoms with Gasteiger partial charge in [-0.1, -0.05) is 24.3 Å². The molecule has 7 nitrogen and oxygen atoms in total. The molecule has 0 spiro atoms. The van der Waals surface area contributed by atoms with Gasteiger partial charge in [-0.3, -0.25) is 0 Å². The number of benzene rings is 2. The first kappa shape index (κ1) is 20.5. The number of carbonyl (C=O) groups is 1. The number of hydrogen-bond acceptors (Lipinski definition) is 6. The number of carboxylic acid groups (broad SMARTS) is 1. The van der Waals surface area contributed by atoms with Gasteiger partial charge in [0.1, 0.15) is 23.8 Å². The summed E-state index contributed by atoms with van der Waals surface area (Å²) in [6.45, 7) is 4.11. The molecule has 31 heavy (non-hydrogen) atoms. The van der Waals surface area contributed by atoms with Crippen LogP contribution in [0.15, 0.2) is 60.8 Å². The SMILES string of the molecule is COc1ccc(CN2CCOc3ccnc(N[C@@H](C)c4ccc(C(=O)O)cc4)c32)cc1. The summed E-state index contributed by atoms with van der Waals surface area (Å²) in [6, 6.07) is 16.7. The molecular weight excluding hydrogens is 394 g/mol. The maximum Gasteiger partial charge on any atom is 0.335 e. The number of ether oxygens (including phenoxy) is 2. The molecular formula is C24H25N3O4. The Morgan fingerprint density at radius 2 is 1.94 bits per heavy atom. The van der Waals surface area contributed by atoms with Crippen LogP contribution in [0.2, 0.25) is 0 Å². The second-order valence-electron chi connectivity index (χ2n) is 7.42. The van der Waals surface area contributed by atoms with Crippen LogP contribution in [-0.2, 0) is 6.54 Å². The van der Waals surface area contributed by atoms with Gasteiger partial charge in [-0.2, -0.15) is 0 Å². The molecule has 1 aromatic heterocycles. The molecule has 3 aromatic rings. The van der Waals surface area contributed by atoms with E-state index in [0.717, 1.165) is 41.7 Å². The van der Waals surface area contributed by atoms with Crippen LogP contribution in [0.4, 0.5) is 11.5 Å². The van der Waals surface area contributed by atoms with Gasteiger partial charge in [0.25, 0.3) is 0 Å². The van der Waals surface area contributed by atoms with Crippen molar-refractivity contribution >= 4 is 17.5 Å². The summed E-state index contributed by atoms with van der Waals surface area (Å²) in [5, 5.41) is 12.6. The summed E-state index contributed by atoms with van der Waals surface area (Å²) >= 11 is 0. The molecule has 2 heterocycles. The van der Waals surface area contributed by atoms with E-state index in [0.29, 0.717) is 6.61 Å². The predicted octanol–water partition coefficient (Wildman–Crippen LogP) is 4.36. The maximum absolute atomic E-state index is 11.1. The Balaban J connectivity index is 1.57. The lowest BCUT2D eigenvalue weighted by Crippen LogP contribution is -2.33. The number of anilines is 2. The van der Waals surface area contributed by atoms with Gasteiger partial charge in [0.2, 0.25) is 0 Å². The molecule has 0 radical (unpaired) electrons. The Kier molecular flexibility index (Phi) is 5.93. The zero-order valence-electron chi connectivity index (χ0n) is 17.5. The molecule has 2 N–H and O–H groups in total. The highest BCUT2D eigenvalue weighted by Crippen LogP contribution is 2.39. The van der Waals surface area contributed by atoms with Crippen LogP contribution in [0.3, 0.4) is 0 Å². The molecule has 0 aliphatic carbocycles. The van der Waals surface area contributed by atoms with E-state index < -0.39 is 5.97 Å². The van der Waals surface area contributed by atoms with Crippen LogP contribution < -0.4 is 19.7 Å². The lowest BCUT2D eigenvalue weighted by Gasteiger charge is -2.33. The average molecular weight is 419 g/mol. The van der Waals surface area contributed by atoms with Crippen molar-refractivity contribution in [3.05, 3.63) is 77.5 Å². The molecule has 0 unspecified atom stereocenters. The monoisotopic (exact) mass is 419 g/mol. The number of rotatable bonds is 7. The Hall–Kier alpha value is -3.74. The fraction of sp³-hybridized carbons (Fsp3) is 0.250. The summed E-state index contributed by atoms with van der Waals surface area (Å²) in [7, 11) is 1.66. The van der Waals surface area contributed by atoms with Crippen molar-refractivity contribution in [2.75, 3.05) is 30.5 Å². The van der Waals surface area contributed by atoms with Crippen molar-refractivity contribution in [3.8, 4) is 11.5 Å². The normalized spacial score (nSPS) is 13.7. The average Bonchev–Trinajstić information content (AvgIpc) is 2.80. The van der Waals surface area contributed by atoms with Gasteiger partial charge < -0.3 is 24.8 Å². The number of fused-ring (bicyclic) bond motifs is 1. The largest absolute Gasteiger partial charge is 0.497 e. The van der Waals surface area contributed by atoms with Crippen LogP contribution in [0, 0.1) is 0 Å². The van der Waals surface area contributed by atoms with E-state index >= 15 is 0 Å². The Bertz CT molecular complexity index is 1050. The highest BCUT2D eigenvalue weighted by Gasteiger charge is 2.24. The van der Waals surface area contributed by atoms with Crippen LogP contribution in [-0.4, -0.2) is 36.3 Å². The molecule has 7 heteroatoms. The summed E-state index contributed by atoms with van der Waals surface area (Å²) in [5.74, 6) is 1.43. The molecule has 1 atom stereocenters. The van der Waals surface area contributed by atoms with E-state index in [1.165, 1.54) is 5.56 Å². The van der Waals surface area contributed by atoms with E-state index in [1.807, 2.05) is 37.3 Å². The minimum atomic E-state index is -0.933. The van der Waals surface area contributed by atoms with E-state index in [1.54, 1.807) is 25.4 Å². The van der Waals surface area contributed by atoms with Crippen LogP contribution in [0.1, 0.15) is 34.5 Å². The van der Waals surface area contributed by atoms with Crippen LogP contribution in [0.5, 0.6) is 11.5 Å². The number of aromatic carboxylic acids is 1. The van der Waals surface area contributed by atoms with Gasteiger partial charge in [-0.05, 0) is 42.3 Å². The number of methoxy groups -OCH3 is 1. The number of carboxylic acids is 1. The number of nitrogens with zero attached hydrogens (tertiary/aromatic N) is 2. The molecule has 0 bridgehead atoms. The van der Waals surface area contributed by atoms with Crippen molar-refractivity contribution < 1.29 is 19.4 Å². The standard InChI is InChI=1S/C24H25N3O4/c1-16(18-5-7-19(8-6-18)24(28)29)26-23-22-21(11-12-25-23)31-14-13-27(22)15-17-3-9-20(30-2)10-4-17/h3-12,16H,13-15H2,1-2H3,(H,25,26)(H,28,29)/t16-/m0/s1. The third-order valence-corrected chi connectivity index (χ3v) is 5.37. The quantitative estimate of drug-likeness (QED) is 0.589. The number of aromatic nitrogens is 1. The van der Waals surface area contributed by atoms with E-state index in [-0.39, 0.29) is 11.6 Å². The lowest BCUT2D eigenvalue weighted by molar-refractivity contribution is 0.0697. The number of pyridine rings is 1. The first-order valence-electron chi connectivity index (χ1n) is 10.1. The summed E-state index contributed by atoms with van der Waals surface area (Å²) in [6.07, 6.45) is 1.73. The van der Waals surface area contributed by atoms with Crippen molar-refractivity contribution in [1.29, 1.82) is 0 Å². The fourth-order valence-electron chi connectivity index (χ4n) is 3.65. The third-order valence-electron chi connectivity index (χ3n) is 5.37. The minimum Gasteiger partial charge on any atom is -0.497 e. The molecule has 1 aliphatic heterocycles. The smallest absolute Gasteiger partial charge is 0.335 e. The summed E-state index contributed by atoms with van der Waals surface area (Å²) in [5.41, 5.74) is 3.34. The predicted molar refractivity (Wildman–Crippen MR) is 119 cm³/mol. The Labute approximate surface area is 181 Å². The molecule has 2 aromatic carbocycles. The summed E-state index contributed by atoms with van der Waals surface area (Å²) < 4.78 is 11.1. The van der Waals surface area contributed by atoms with Crippen molar-refractivity contribution in [2.45, 2.75) is 19.5 Å². The van der Waals surface area contributed by atoms with Gasteiger partial charge in [0.05, 0.1) is 25.3 Å². The van der Waals surface area contributed by atoms with E-state index in [9.17, 15) is 4.79 Å². The van der Waals surface area contributed by atoms with Gasteiger partial charge >= 0.3 is 5.97 Å². The van der Waals surface area contributed by atoms with Gasteiger partial charge in [-0.25, -0.2) is 9.78 Å². The maximum atomic E-state index is 11.1. The van der Waals surface area contributed by atoms with Gasteiger partial charge in [0.15, 0.2) is 5.82 Å². The molecule has 1 aliphatic rings. The topological polar surface area (TPSA) is 83.9 Å². The van der Waals surface area contributed by atoms with Crippen molar-refractivity contribution in [3.63, 3.8) is 0 Å². The zero-order valence-corrected chi connectivity index (χ0v) is 17.5. The molecule has 160 valence electrons. The van der Waals surface area contributed by atoms with Crippen LogP contribution >= 0.6 is 0 Å². The molecule has 0 amide bonds. The van der Waals surface area contributed by atoms with Crippen molar-refractivity contribution in [2.24, 2.45) is 0 Å². The summed E-state index contributed by atoms with van der Waals surface area (Å²) in [4.78, 5) is 17.9. The lowest BCUT2D eigenvalue weighted by atomic mass is 10.1. The zero-order chi connectivity index (χ0) is 21.8. The first-order valence-corrected chi connectivity index (χ1v) is 10.1. The van der Waals surface area contributed by atoms with E-state index in [2.05, 4.69) is 27.3 Å². The van der Waals surface area contributed by atoms with Gasteiger partial charge in [0, 0.05) is 18.8 Å². The Morgan fingerprint density at radius 1 is 1.19 bits per heavy atom. The Morgan fingerprint density at radius 3 is 2.61 bits per heavy atom. The molecule has 4 rings (SSSR count). The first-order chi connectivity index (χ1) is 15.0. The second kappa shape index (κ2) is 8.95. The fourth-order valence-corrected chi connectivity index (χ4v) is 3.65. The van der Waals surface area contributed by atoms with Crippen molar-refractivity contribution in [1.82, 2.24) is 4.98 Å². The van der Waals surface area contributed by atoms with E-state index in [4.69, 9.17) is 14.6 Å². The second-order valence-corrected chi connectivity index (χ2v) is 7.42.